The largest absolute Gasteiger partial charge is 0.367 e. The van der Waals surface area contributed by atoms with Crippen LogP contribution in [-0.2, 0) is 17.8 Å². The maximum absolute atomic E-state index is 7.88. The van der Waals surface area contributed by atoms with Crippen LogP contribution >= 0.6 is 0 Å². The first-order chi connectivity index (χ1) is 16.2. The molecule has 4 nitrogen and oxygen atoms in total. The Morgan fingerprint density at radius 3 is 2.73 bits per heavy atom. The highest BCUT2D eigenvalue weighted by Gasteiger charge is 2.41. The number of rotatable bonds is 0. The first kappa shape index (κ1) is 20.8. The number of aromatic nitrogens is 1. The van der Waals surface area contributed by atoms with Crippen molar-refractivity contribution in [3.05, 3.63) is 76.9 Å². The molecule has 0 spiro atoms. The molecule has 33 heavy (non-hydrogen) atoms. The van der Waals surface area contributed by atoms with E-state index in [0.29, 0.717) is 24.4 Å². The molecule has 4 heteroatoms. The summed E-state index contributed by atoms with van der Waals surface area (Å²) >= 11 is 0. The summed E-state index contributed by atoms with van der Waals surface area (Å²) in [6.07, 6.45) is 4.51. The van der Waals surface area contributed by atoms with Crippen molar-refractivity contribution in [3.63, 3.8) is 0 Å². The van der Waals surface area contributed by atoms with Crippen LogP contribution in [0.4, 0.5) is 0 Å². The van der Waals surface area contributed by atoms with Crippen LogP contribution in [0.25, 0.3) is 21.5 Å². The summed E-state index contributed by atoms with van der Waals surface area (Å²) in [6.45, 7) is 15.1. The van der Waals surface area contributed by atoms with Gasteiger partial charge in [0.15, 0.2) is 0 Å². The van der Waals surface area contributed by atoms with Gasteiger partial charge in [0, 0.05) is 10.9 Å². The predicted octanol–water partition coefficient (Wildman–Crippen LogP) is 6.58. The van der Waals surface area contributed by atoms with E-state index in [1.165, 1.54) is 46.3 Å². The second kappa shape index (κ2) is 8.22. The van der Waals surface area contributed by atoms with Crippen molar-refractivity contribution in [2.45, 2.75) is 52.2 Å². The van der Waals surface area contributed by atoms with Crippen molar-refractivity contribution in [3.8, 4) is 5.69 Å². The quantitative estimate of drug-likeness (QED) is 0.369. The second-order valence-corrected chi connectivity index (χ2v) is 10.5. The molecule has 1 saturated carbocycles. The van der Waals surface area contributed by atoms with Gasteiger partial charge < -0.3 is 9.30 Å². The van der Waals surface area contributed by atoms with Crippen molar-refractivity contribution < 1.29 is 4.74 Å². The Balaban J connectivity index is 1.58. The average molecular weight is 440 g/mol. The van der Waals surface area contributed by atoms with Gasteiger partial charge in [-0.15, -0.1) is 5.01 Å². The summed E-state index contributed by atoms with van der Waals surface area (Å²) in [5.74, 6) is 2.51. The van der Waals surface area contributed by atoms with Crippen LogP contribution in [0, 0.1) is 30.2 Å². The number of nitrogens with zero attached hydrogens (tertiary/aromatic N) is 3. The summed E-state index contributed by atoms with van der Waals surface area (Å²) in [6, 6.07) is 17.5. The van der Waals surface area contributed by atoms with E-state index in [-0.39, 0.29) is 6.10 Å². The lowest BCUT2D eigenvalue weighted by Gasteiger charge is -2.42. The highest BCUT2D eigenvalue weighted by Crippen LogP contribution is 2.48. The van der Waals surface area contributed by atoms with Gasteiger partial charge in [-0.05, 0) is 60.6 Å². The van der Waals surface area contributed by atoms with Gasteiger partial charge in [-0.2, -0.15) is 11.5 Å². The van der Waals surface area contributed by atoms with Gasteiger partial charge in [0.25, 0.3) is 0 Å². The third-order valence-corrected chi connectivity index (χ3v) is 8.86. The third kappa shape index (κ3) is 3.37. The molecule has 0 amide bonds. The summed E-state index contributed by atoms with van der Waals surface area (Å²) in [5.41, 5.74) is 6.47. The molecule has 0 unspecified atom stereocenters. The van der Waals surface area contributed by atoms with Crippen molar-refractivity contribution in [1.82, 2.24) is 9.58 Å². The average Bonchev–Trinajstić information content (AvgIpc) is 3.07. The molecule has 1 fully saturated rings. The molecule has 6 rings (SSSR count). The van der Waals surface area contributed by atoms with Crippen molar-refractivity contribution >= 4 is 10.9 Å². The molecule has 2 aliphatic heterocycles. The highest BCUT2D eigenvalue weighted by molar-refractivity contribution is 5.88. The van der Waals surface area contributed by atoms with Crippen molar-refractivity contribution in [2.75, 3.05) is 13.1 Å². The fourth-order valence-corrected chi connectivity index (χ4v) is 6.87. The first-order valence-corrected chi connectivity index (χ1v) is 12.6. The van der Waals surface area contributed by atoms with Gasteiger partial charge in [0.2, 0.25) is 0 Å². The number of para-hydroxylation sites is 2. The van der Waals surface area contributed by atoms with Crippen LogP contribution in [-0.4, -0.2) is 22.7 Å². The van der Waals surface area contributed by atoms with E-state index < -0.39 is 0 Å². The van der Waals surface area contributed by atoms with Crippen LogP contribution in [0.2, 0.25) is 0 Å². The Labute approximate surface area is 196 Å². The fourth-order valence-electron chi connectivity index (χ4n) is 6.87. The number of hydrogen-bond acceptors (Lipinski definition) is 2. The number of hydrogen-bond donors (Lipinski definition) is 0. The van der Waals surface area contributed by atoms with E-state index >= 15 is 0 Å². The smallest absolute Gasteiger partial charge is 0.0988 e. The molecule has 1 aliphatic carbocycles. The number of benzene rings is 2. The Kier molecular flexibility index (Phi) is 5.18. The molecule has 0 radical (unpaired) electrons. The molecular formula is C29H33N3O. The Bertz CT molecular complexity index is 1220. The van der Waals surface area contributed by atoms with E-state index in [2.05, 4.69) is 71.9 Å². The van der Waals surface area contributed by atoms with Gasteiger partial charge in [-0.3, -0.25) is 0 Å². The van der Waals surface area contributed by atoms with E-state index in [4.69, 9.17) is 11.3 Å². The lowest BCUT2D eigenvalue weighted by atomic mass is 9.65. The van der Waals surface area contributed by atoms with Crippen LogP contribution in [0.3, 0.4) is 0 Å². The zero-order valence-electron chi connectivity index (χ0n) is 19.7. The predicted molar refractivity (Wildman–Crippen MR) is 132 cm³/mol. The van der Waals surface area contributed by atoms with E-state index in [1.54, 1.807) is 0 Å². The minimum atomic E-state index is 0.0829. The summed E-state index contributed by atoms with van der Waals surface area (Å²) < 4.78 is 9.28. The van der Waals surface area contributed by atoms with Crippen LogP contribution in [0.15, 0.2) is 48.5 Å². The van der Waals surface area contributed by atoms with Crippen LogP contribution in [0.5, 0.6) is 0 Å². The lowest BCUT2D eigenvalue weighted by Crippen LogP contribution is -2.40. The maximum atomic E-state index is 7.88. The maximum Gasteiger partial charge on any atom is 0.0988 e. The minimum Gasteiger partial charge on any atom is -0.367 e. The first-order valence-electron chi connectivity index (χ1n) is 12.6. The SMILES string of the molecule is [C-]#[N+]N1CCc2c3n(c4ccccc24)-c2ccccc2CO[C@H]3C[C@H]2[C@@H](CC[C@H](C)[C@@H]2C)C1. The zero-order chi connectivity index (χ0) is 22.5. The second-order valence-electron chi connectivity index (χ2n) is 10.5. The van der Waals surface area contributed by atoms with Gasteiger partial charge >= 0.3 is 0 Å². The summed E-state index contributed by atoms with van der Waals surface area (Å²) in [5, 5.41) is 3.33. The van der Waals surface area contributed by atoms with Crippen LogP contribution in [0.1, 0.15) is 56.0 Å². The van der Waals surface area contributed by atoms with Gasteiger partial charge in [-0.25, -0.2) is 0 Å². The molecule has 3 aromatic rings. The molecule has 0 bridgehead atoms. The van der Waals surface area contributed by atoms with E-state index in [1.807, 2.05) is 5.01 Å². The zero-order valence-corrected chi connectivity index (χ0v) is 19.7. The van der Waals surface area contributed by atoms with Crippen molar-refractivity contribution in [1.29, 1.82) is 0 Å². The minimum absolute atomic E-state index is 0.0829. The standard InChI is InChI=1S/C29H33N3O/c1-19-12-13-21-17-31(30-3)15-14-24-23-9-5-7-11-27(23)32-26-10-6-4-8-22(26)18-33-28(29(24)32)16-25(21)20(19)2/h4-11,19-21,25,28H,12-18H2,1-2H3/t19-,20-,21-,25+,28-/m0/s1. The molecular weight excluding hydrogens is 406 g/mol. The van der Waals surface area contributed by atoms with Gasteiger partial charge in [-0.1, -0.05) is 56.7 Å². The number of fused-ring (bicyclic) bond motifs is 6. The van der Waals surface area contributed by atoms with E-state index in [0.717, 1.165) is 31.8 Å². The molecule has 5 atom stereocenters. The molecule has 0 saturated heterocycles. The molecule has 1 aromatic heterocycles. The van der Waals surface area contributed by atoms with Crippen molar-refractivity contribution in [2.24, 2.45) is 23.7 Å². The van der Waals surface area contributed by atoms with Crippen LogP contribution < -0.4 is 0 Å². The number of ether oxygens (including phenoxy) is 1. The highest BCUT2D eigenvalue weighted by atomic mass is 16.5. The monoisotopic (exact) mass is 439 g/mol. The topological polar surface area (TPSA) is 21.8 Å². The molecule has 3 aliphatic rings. The fraction of sp³-hybridized carbons (Fsp3) is 0.483. The third-order valence-electron chi connectivity index (χ3n) is 8.86. The molecule has 170 valence electrons. The molecule has 3 heterocycles. The summed E-state index contributed by atoms with van der Waals surface area (Å²) in [4.78, 5) is 3.97. The summed E-state index contributed by atoms with van der Waals surface area (Å²) in [7, 11) is 0. The molecule has 0 N–H and O–H groups in total. The van der Waals surface area contributed by atoms with Gasteiger partial charge in [0.1, 0.15) is 0 Å². The Morgan fingerprint density at radius 1 is 1.03 bits per heavy atom. The normalized spacial score (nSPS) is 29.4. The molecule has 2 aromatic carbocycles. The van der Waals surface area contributed by atoms with E-state index in [9.17, 15) is 0 Å². The van der Waals surface area contributed by atoms with Gasteiger partial charge in [0.05, 0.1) is 42.7 Å². The Hall–Kier alpha value is -2.77. The lowest BCUT2D eigenvalue weighted by molar-refractivity contribution is -0.0143. The Morgan fingerprint density at radius 2 is 1.85 bits per heavy atom.